The lowest BCUT2D eigenvalue weighted by Gasteiger charge is -2.14. The molecule has 0 saturated carbocycles. The van der Waals surface area contributed by atoms with Crippen molar-refractivity contribution < 1.29 is 20.1 Å². The zero-order chi connectivity index (χ0) is 18.1. The predicted molar refractivity (Wildman–Crippen MR) is 98.6 cm³/mol. The largest absolute Gasteiger partial charge is 0.477 e. The normalized spacial score (nSPS) is 13.1. The molecule has 24 heavy (non-hydrogen) atoms. The second-order valence-corrected chi connectivity index (χ2v) is 5.80. The molecule has 0 fully saturated rings. The van der Waals surface area contributed by atoms with Crippen molar-refractivity contribution in [2.24, 2.45) is 0 Å². The Morgan fingerprint density at radius 1 is 0.792 bits per heavy atom. The Balaban J connectivity index is 3.62. The van der Waals surface area contributed by atoms with E-state index in [-0.39, 0.29) is 6.42 Å². The highest BCUT2D eigenvalue weighted by atomic mass is 16.5. The number of carboxylic acid groups (broad SMARTS) is 1. The van der Waals surface area contributed by atoms with Crippen LogP contribution in [0.5, 0.6) is 0 Å². The van der Waals surface area contributed by atoms with Crippen molar-refractivity contribution in [1.82, 2.24) is 0 Å². The molecule has 136 valence electrons. The number of aliphatic carboxylic acids is 1. The number of carboxylic acids is 1. The van der Waals surface area contributed by atoms with Crippen LogP contribution in [-0.2, 0) is 4.79 Å². The number of rotatable bonds is 14. The molecule has 0 atom stereocenters. The summed E-state index contributed by atoms with van der Waals surface area (Å²) in [5, 5.41) is 26.7. The first-order valence-corrected chi connectivity index (χ1v) is 8.82. The summed E-state index contributed by atoms with van der Waals surface area (Å²) in [7, 11) is 0. The molecule has 0 spiro atoms. The van der Waals surface area contributed by atoms with Crippen LogP contribution in [0.25, 0.3) is 0 Å². The summed E-state index contributed by atoms with van der Waals surface area (Å²) in [5.74, 6) is -4.22. The van der Waals surface area contributed by atoms with Gasteiger partial charge in [-0.05, 0) is 38.5 Å². The van der Waals surface area contributed by atoms with Crippen LogP contribution in [0.15, 0.2) is 48.6 Å². The molecular weight excluding hydrogens is 304 g/mol. The van der Waals surface area contributed by atoms with E-state index >= 15 is 0 Å². The molecule has 4 nitrogen and oxygen atoms in total. The monoisotopic (exact) mass is 336 g/mol. The van der Waals surface area contributed by atoms with Crippen LogP contribution in [0.1, 0.15) is 64.7 Å². The van der Waals surface area contributed by atoms with Gasteiger partial charge >= 0.3 is 5.97 Å². The minimum atomic E-state index is -2.61. The molecule has 3 N–H and O–H groups in total. The Hall–Kier alpha value is -1.65. The number of unbranched alkanes of at least 4 members (excludes halogenated alkanes) is 5. The maximum atomic E-state index is 10.5. The number of allylic oxidation sites excluding steroid dienone is 8. The van der Waals surface area contributed by atoms with Gasteiger partial charge < -0.3 is 15.3 Å². The summed E-state index contributed by atoms with van der Waals surface area (Å²) >= 11 is 0. The highest BCUT2D eigenvalue weighted by Crippen LogP contribution is 2.11. The molecule has 0 aliphatic rings. The Morgan fingerprint density at radius 3 is 1.96 bits per heavy atom. The van der Waals surface area contributed by atoms with Gasteiger partial charge in [0.25, 0.3) is 5.79 Å². The summed E-state index contributed by atoms with van der Waals surface area (Å²) < 4.78 is 0. The first-order chi connectivity index (χ1) is 11.5. The fraction of sp³-hybridized carbons (Fsp3) is 0.550. The van der Waals surface area contributed by atoms with Gasteiger partial charge in [-0.25, -0.2) is 4.79 Å². The molecule has 0 radical (unpaired) electrons. The van der Waals surface area contributed by atoms with Gasteiger partial charge in [0.2, 0.25) is 0 Å². The van der Waals surface area contributed by atoms with E-state index in [0.29, 0.717) is 12.8 Å². The van der Waals surface area contributed by atoms with Crippen LogP contribution in [0.2, 0.25) is 0 Å². The van der Waals surface area contributed by atoms with Crippen molar-refractivity contribution in [2.45, 2.75) is 70.5 Å². The predicted octanol–water partition coefficient (Wildman–Crippen LogP) is 4.51. The number of aliphatic hydroxyl groups is 2. The van der Waals surface area contributed by atoms with Gasteiger partial charge in [-0.2, -0.15) is 0 Å². The van der Waals surface area contributed by atoms with Gasteiger partial charge in [-0.1, -0.05) is 68.4 Å². The lowest BCUT2D eigenvalue weighted by molar-refractivity contribution is -0.205. The maximum Gasteiger partial charge on any atom is 0.364 e. The van der Waals surface area contributed by atoms with E-state index in [9.17, 15) is 4.79 Å². The molecule has 0 unspecified atom stereocenters. The third-order valence-electron chi connectivity index (χ3n) is 3.49. The first kappa shape index (κ1) is 22.4. The van der Waals surface area contributed by atoms with Crippen molar-refractivity contribution in [2.75, 3.05) is 0 Å². The molecule has 0 saturated heterocycles. The number of hydrogen-bond acceptors (Lipinski definition) is 3. The van der Waals surface area contributed by atoms with Gasteiger partial charge in [-0.3, -0.25) is 0 Å². The summed E-state index contributed by atoms with van der Waals surface area (Å²) in [6.45, 7) is 2.21. The van der Waals surface area contributed by atoms with Crippen molar-refractivity contribution in [3.05, 3.63) is 48.6 Å². The molecule has 0 aliphatic carbocycles. The van der Waals surface area contributed by atoms with Crippen LogP contribution in [0.4, 0.5) is 0 Å². The molecule has 0 aliphatic heterocycles. The summed E-state index contributed by atoms with van der Waals surface area (Å²) in [4.78, 5) is 10.5. The molecule has 0 aromatic rings. The van der Waals surface area contributed by atoms with Crippen molar-refractivity contribution in [3.8, 4) is 0 Å². The zero-order valence-corrected chi connectivity index (χ0v) is 14.7. The van der Waals surface area contributed by atoms with Gasteiger partial charge in [0, 0.05) is 6.42 Å². The van der Waals surface area contributed by atoms with E-state index in [0.717, 1.165) is 12.8 Å². The van der Waals surface area contributed by atoms with E-state index in [1.165, 1.54) is 25.7 Å². The first-order valence-electron chi connectivity index (χ1n) is 8.82. The second kappa shape index (κ2) is 14.9. The maximum absolute atomic E-state index is 10.5. The molecular formula is C20H32O4. The Bertz CT molecular complexity index is 431. The molecule has 0 rings (SSSR count). The lowest BCUT2D eigenvalue weighted by Crippen LogP contribution is -2.37. The fourth-order valence-corrected chi connectivity index (χ4v) is 1.99. The summed E-state index contributed by atoms with van der Waals surface area (Å²) in [6.07, 6.45) is 24.2. The second-order valence-electron chi connectivity index (χ2n) is 5.80. The standard InChI is InChI=1S/C20H32O4/c1-2-3-4-5-6-7-8-9-10-11-12-13-14-15-16-17-18-20(23,24)19(21)22/h6-7,10-15,23-24H,2-5,8-9,16-18H2,1H3,(H,21,22)/b7-6-,11-10+,13-12+,15-14-. The van der Waals surface area contributed by atoms with Gasteiger partial charge in [-0.15, -0.1) is 0 Å². The summed E-state index contributed by atoms with van der Waals surface area (Å²) in [5.41, 5.74) is 0. The average Bonchev–Trinajstić information content (AvgIpc) is 2.54. The van der Waals surface area contributed by atoms with Gasteiger partial charge in [0.1, 0.15) is 0 Å². The summed E-state index contributed by atoms with van der Waals surface area (Å²) in [6, 6.07) is 0. The molecule has 0 heterocycles. The van der Waals surface area contributed by atoms with Crippen molar-refractivity contribution in [1.29, 1.82) is 0 Å². The van der Waals surface area contributed by atoms with Gasteiger partial charge in [0.15, 0.2) is 0 Å². The van der Waals surface area contributed by atoms with Crippen molar-refractivity contribution in [3.63, 3.8) is 0 Å². The number of carbonyl (C=O) groups is 1. The SMILES string of the molecule is CCCCC/C=C\CC/C=C/C=C/C=C\CCCC(O)(O)C(=O)O. The molecule has 0 bridgehead atoms. The minimum Gasteiger partial charge on any atom is -0.477 e. The molecule has 4 heteroatoms. The number of hydrogen-bond donors (Lipinski definition) is 3. The minimum absolute atomic E-state index is 0.178. The third-order valence-corrected chi connectivity index (χ3v) is 3.49. The van der Waals surface area contributed by atoms with E-state index < -0.39 is 11.8 Å². The van der Waals surface area contributed by atoms with E-state index in [1.807, 2.05) is 30.4 Å². The van der Waals surface area contributed by atoms with E-state index in [1.54, 1.807) is 0 Å². The topological polar surface area (TPSA) is 77.8 Å². The van der Waals surface area contributed by atoms with Crippen LogP contribution in [0.3, 0.4) is 0 Å². The van der Waals surface area contributed by atoms with E-state index in [2.05, 4.69) is 25.2 Å². The van der Waals surface area contributed by atoms with Gasteiger partial charge in [0.05, 0.1) is 0 Å². The Morgan fingerprint density at radius 2 is 1.33 bits per heavy atom. The Kier molecular flexibility index (Phi) is 13.9. The third kappa shape index (κ3) is 14.0. The van der Waals surface area contributed by atoms with Crippen LogP contribution < -0.4 is 0 Å². The average molecular weight is 336 g/mol. The Labute approximate surface area is 145 Å². The van der Waals surface area contributed by atoms with Crippen LogP contribution >= 0.6 is 0 Å². The molecule has 0 aromatic carbocycles. The van der Waals surface area contributed by atoms with E-state index in [4.69, 9.17) is 15.3 Å². The van der Waals surface area contributed by atoms with Crippen LogP contribution in [-0.4, -0.2) is 27.1 Å². The quantitative estimate of drug-likeness (QED) is 0.189. The zero-order valence-electron chi connectivity index (χ0n) is 14.7. The van der Waals surface area contributed by atoms with Crippen LogP contribution in [0, 0.1) is 0 Å². The molecule has 0 amide bonds. The highest BCUT2D eigenvalue weighted by molar-refractivity contribution is 5.74. The lowest BCUT2D eigenvalue weighted by atomic mass is 10.1. The smallest absolute Gasteiger partial charge is 0.364 e. The fourth-order valence-electron chi connectivity index (χ4n) is 1.99. The van der Waals surface area contributed by atoms with Crippen molar-refractivity contribution >= 4 is 5.97 Å². The highest BCUT2D eigenvalue weighted by Gasteiger charge is 2.31. The molecule has 0 aromatic heterocycles.